The van der Waals surface area contributed by atoms with Crippen molar-refractivity contribution in [1.29, 1.82) is 0 Å². The van der Waals surface area contributed by atoms with Crippen molar-refractivity contribution in [1.82, 2.24) is 19.5 Å². The number of hydrogen-bond acceptors (Lipinski definition) is 4. The molecule has 0 saturated heterocycles. The van der Waals surface area contributed by atoms with E-state index in [2.05, 4.69) is 0 Å². The molecule has 0 radical (unpaired) electrons. The standard InChI is InChI=1S/C45H28N4O/c1-4-13-29(14-5-1)32-24-26-40-36(27-32)42-39(21-12-22-41(42)50-40)49-37-20-11-10-19-34(37)35-28-33(23-25-38(35)49)45-47-43(30-15-6-2-7-16-30)46-44(48-45)31-17-8-3-9-18-31/h1-28H/i10D,11D,19D,20D,23D,25D,28D. The van der Waals surface area contributed by atoms with E-state index in [1.165, 1.54) is 0 Å². The summed E-state index contributed by atoms with van der Waals surface area (Å²) in [6, 6.07) is 37.2. The average molecular weight is 648 g/mol. The van der Waals surface area contributed by atoms with Gasteiger partial charge in [-0.2, -0.15) is 0 Å². The summed E-state index contributed by atoms with van der Waals surface area (Å²) >= 11 is 0. The Kier molecular flexibility index (Phi) is 4.99. The maximum atomic E-state index is 9.81. The van der Waals surface area contributed by atoms with Gasteiger partial charge in [0.1, 0.15) is 11.2 Å². The van der Waals surface area contributed by atoms with Gasteiger partial charge in [0, 0.05) is 32.8 Å². The molecule has 0 amide bonds. The van der Waals surface area contributed by atoms with E-state index < -0.39 is 12.1 Å². The molecule has 0 N–H and O–H groups in total. The number of hydrogen-bond donors (Lipinski definition) is 0. The number of fused-ring (bicyclic) bond motifs is 6. The van der Waals surface area contributed by atoms with Crippen LogP contribution in [0.4, 0.5) is 0 Å². The van der Waals surface area contributed by atoms with Crippen molar-refractivity contribution in [3.8, 4) is 51.0 Å². The van der Waals surface area contributed by atoms with Gasteiger partial charge in [-0.15, -0.1) is 0 Å². The first-order valence-electron chi connectivity index (χ1n) is 19.6. The zero-order valence-corrected chi connectivity index (χ0v) is 26.3. The second-order valence-corrected chi connectivity index (χ2v) is 11.9. The Hall–Kier alpha value is -6.85. The van der Waals surface area contributed by atoms with Crippen LogP contribution in [0.3, 0.4) is 0 Å². The highest BCUT2D eigenvalue weighted by atomic mass is 16.3. The van der Waals surface area contributed by atoms with Crippen molar-refractivity contribution in [2.45, 2.75) is 0 Å². The minimum absolute atomic E-state index is 0.00814. The summed E-state index contributed by atoms with van der Waals surface area (Å²) in [6.45, 7) is 0. The predicted octanol–water partition coefficient (Wildman–Crippen LogP) is 11.5. The summed E-state index contributed by atoms with van der Waals surface area (Å²) in [5, 5.41) is 1.53. The number of para-hydroxylation sites is 1. The lowest BCUT2D eigenvalue weighted by atomic mass is 10.0. The zero-order chi connectivity index (χ0) is 39.1. The van der Waals surface area contributed by atoms with Gasteiger partial charge in [-0.3, -0.25) is 0 Å². The monoisotopic (exact) mass is 647 g/mol. The molecule has 234 valence electrons. The summed E-state index contributed by atoms with van der Waals surface area (Å²) in [6.07, 6.45) is 0. The van der Waals surface area contributed by atoms with E-state index in [0.29, 0.717) is 45.0 Å². The molecule has 50 heavy (non-hydrogen) atoms. The van der Waals surface area contributed by atoms with Gasteiger partial charge in [-0.05, 0) is 59.6 Å². The van der Waals surface area contributed by atoms with Crippen molar-refractivity contribution in [2.24, 2.45) is 0 Å². The van der Waals surface area contributed by atoms with Gasteiger partial charge in [-0.1, -0.05) is 121 Å². The molecule has 0 bridgehead atoms. The number of nitrogens with zero attached hydrogens (tertiary/aromatic N) is 4. The number of benzene rings is 7. The number of rotatable bonds is 5. The smallest absolute Gasteiger partial charge is 0.164 e. The van der Waals surface area contributed by atoms with Crippen LogP contribution in [-0.2, 0) is 0 Å². The third-order valence-corrected chi connectivity index (χ3v) is 8.90. The molecular formula is C45H28N4O. The van der Waals surface area contributed by atoms with Crippen LogP contribution in [-0.4, -0.2) is 19.5 Å². The summed E-state index contributed by atoms with van der Waals surface area (Å²) < 4.78 is 72.8. The molecule has 0 atom stereocenters. The van der Waals surface area contributed by atoms with Crippen LogP contribution in [0, 0.1) is 0 Å². The highest BCUT2D eigenvalue weighted by Gasteiger charge is 2.20. The minimum atomic E-state index is -0.480. The largest absolute Gasteiger partial charge is 0.456 e. The van der Waals surface area contributed by atoms with Crippen molar-refractivity contribution < 1.29 is 14.0 Å². The van der Waals surface area contributed by atoms with Crippen molar-refractivity contribution in [3.05, 3.63) is 170 Å². The molecule has 3 aromatic heterocycles. The predicted molar refractivity (Wildman–Crippen MR) is 203 cm³/mol. The molecule has 3 heterocycles. The van der Waals surface area contributed by atoms with E-state index >= 15 is 0 Å². The van der Waals surface area contributed by atoms with E-state index in [-0.39, 0.29) is 63.4 Å². The fraction of sp³-hybridized carbons (Fsp3) is 0. The highest BCUT2D eigenvalue weighted by Crippen LogP contribution is 2.40. The normalized spacial score (nSPS) is 13.6. The Morgan fingerprint density at radius 1 is 0.460 bits per heavy atom. The molecule has 10 aromatic rings. The molecule has 0 aliphatic carbocycles. The molecule has 0 aliphatic heterocycles. The molecule has 0 saturated carbocycles. The van der Waals surface area contributed by atoms with Crippen LogP contribution in [0.15, 0.2) is 174 Å². The molecule has 0 unspecified atom stereocenters. The van der Waals surface area contributed by atoms with E-state index in [9.17, 15) is 6.85 Å². The van der Waals surface area contributed by atoms with Crippen LogP contribution < -0.4 is 0 Å². The zero-order valence-electron chi connectivity index (χ0n) is 33.3. The Bertz CT molecular complexity index is 3200. The van der Waals surface area contributed by atoms with Crippen LogP contribution in [0.5, 0.6) is 0 Å². The van der Waals surface area contributed by atoms with Gasteiger partial charge in [0.05, 0.1) is 31.7 Å². The first-order chi connectivity index (χ1) is 27.7. The van der Waals surface area contributed by atoms with Gasteiger partial charge in [0.2, 0.25) is 0 Å². The molecule has 0 aliphatic rings. The highest BCUT2D eigenvalue weighted by molar-refractivity contribution is 6.15. The maximum absolute atomic E-state index is 9.81. The summed E-state index contributed by atoms with van der Waals surface area (Å²) in [5.41, 5.74) is 5.01. The fourth-order valence-electron chi connectivity index (χ4n) is 6.59. The van der Waals surface area contributed by atoms with Crippen LogP contribution in [0.1, 0.15) is 9.60 Å². The van der Waals surface area contributed by atoms with Crippen LogP contribution >= 0.6 is 0 Å². The Balaban J connectivity index is 1.33. The molecule has 10 rings (SSSR count). The second kappa shape index (κ2) is 11.4. The second-order valence-electron chi connectivity index (χ2n) is 11.9. The lowest BCUT2D eigenvalue weighted by molar-refractivity contribution is 0.669. The Labute approximate surface area is 297 Å². The molecule has 7 aromatic carbocycles. The third kappa shape index (κ3) is 4.60. The first-order valence-corrected chi connectivity index (χ1v) is 16.1. The van der Waals surface area contributed by atoms with E-state index in [1.807, 2.05) is 115 Å². The van der Waals surface area contributed by atoms with Gasteiger partial charge in [0.15, 0.2) is 17.5 Å². The topological polar surface area (TPSA) is 56.7 Å². The fourth-order valence-corrected chi connectivity index (χ4v) is 6.59. The van der Waals surface area contributed by atoms with Crippen molar-refractivity contribution in [3.63, 3.8) is 0 Å². The summed E-state index contributed by atoms with van der Waals surface area (Å²) in [4.78, 5) is 14.3. The molecule has 0 spiro atoms. The number of furan rings is 1. The van der Waals surface area contributed by atoms with Crippen LogP contribution in [0.25, 0.3) is 94.7 Å². The van der Waals surface area contributed by atoms with E-state index in [1.54, 1.807) is 16.7 Å². The van der Waals surface area contributed by atoms with E-state index in [4.69, 9.17) is 22.1 Å². The molecule has 0 fully saturated rings. The quantitative estimate of drug-likeness (QED) is 0.186. The molecular weight excluding hydrogens is 613 g/mol. The summed E-state index contributed by atoms with van der Waals surface area (Å²) in [7, 11) is 0. The lowest BCUT2D eigenvalue weighted by Crippen LogP contribution is -2.00. The Morgan fingerprint density at radius 2 is 1.08 bits per heavy atom. The van der Waals surface area contributed by atoms with Gasteiger partial charge < -0.3 is 8.98 Å². The van der Waals surface area contributed by atoms with Gasteiger partial charge in [0.25, 0.3) is 0 Å². The van der Waals surface area contributed by atoms with Gasteiger partial charge in [-0.25, -0.2) is 15.0 Å². The molecule has 5 heteroatoms. The van der Waals surface area contributed by atoms with Crippen molar-refractivity contribution in [2.75, 3.05) is 0 Å². The number of aromatic nitrogens is 4. The maximum Gasteiger partial charge on any atom is 0.164 e. The Morgan fingerprint density at radius 3 is 1.78 bits per heavy atom. The molecule has 5 nitrogen and oxygen atoms in total. The first kappa shape index (κ1) is 21.9. The SMILES string of the molecule is [2H]c1c([2H])c([2H])c2c(c1[2H])c1c([2H])c(-c3nc(-c4ccccc4)nc(-c4ccccc4)n3)c([2H])c([2H])c1n2-c1cccc2oc3ccc(-c4ccccc4)cc3c12. The minimum Gasteiger partial charge on any atom is -0.456 e. The summed E-state index contributed by atoms with van der Waals surface area (Å²) in [5.74, 6) is 0.608. The van der Waals surface area contributed by atoms with Crippen LogP contribution in [0.2, 0.25) is 0 Å². The van der Waals surface area contributed by atoms with Gasteiger partial charge >= 0.3 is 0 Å². The third-order valence-electron chi connectivity index (χ3n) is 8.90. The average Bonchev–Trinajstić information content (AvgIpc) is 3.82. The van der Waals surface area contributed by atoms with Crippen molar-refractivity contribution >= 4 is 43.7 Å². The van der Waals surface area contributed by atoms with E-state index in [0.717, 1.165) is 16.5 Å². The lowest BCUT2D eigenvalue weighted by Gasteiger charge is -2.11.